The van der Waals surface area contributed by atoms with Crippen molar-refractivity contribution >= 4 is 6.08 Å². The van der Waals surface area contributed by atoms with Crippen molar-refractivity contribution in [2.75, 3.05) is 13.2 Å². The predicted molar refractivity (Wildman–Crippen MR) is 67.7 cm³/mol. The fourth-order valence-corrected chi connectivity index (χ4v) is 1.30. The van der Waals surface area contributed by atoms with Crippen molar-refractivity contribution < 1.29 is 9.47 Å². The first-order valence-electron chi connectivity index (χ1n) is 5.73. The highest BCUT2D eigenvalue weighted by molar-refractivity contribution is 5.50. The van der Waals surface area contributed by atoms with Gasteiger partial charge in [-0.15, -0.1) is 0 Å². The summed E-state index contributed by atoms with van der Waals surface area (Å²) in [6.07, 6.45) is 4.29. The van der Waals surface area contributed by atoms with Crippen molar-refractivity contribution in [1.29, 1.82) is 0 Å². The predicted octanol–water partition coefficient (Wildman–Crippen LogP) is 3.52. The monoisotopic (exact) mass is 220 g/mol. The lowest BCUT2D eigenvalue weighted by Crippen LogP contribution is -2.05. The number of rotatable bonds is 6. The Labute approximate surface area is 97.9 Å². The molecule has 1 aromatic rings. The van der Waals surface area contributed by atoms with Crippen molar-refractivity contribution in [2.24, 2.45) is 0 Å². The summed E-state index contributed by atoms with van der Waals surface area (Å²) in [5.74, 6) is 0.914. The topological polar surface area (TPSA) is 18.5 Å². The first-order valence-corrected chi connectivity index (χ1v) is 5.73. The smallest absolute Gasteiger partial charge is 0.119 e. The molecule has 2 heteroatoms. The molecule has 1 rings (SSSR count). The van der Waals surface area contributed by atoms with E-state index in [1.54, 1.807) is 0 Å². The highest BCUT2D eigenvalue weighted by Gasteiger charge is 1.95. The molecule has 0 atom stereocenters. The molecule has 0 N–H and O–H groups in total. The zero-order valence-corrected chi connectivity index (χ0v) is 10.3. The summed E-state index contributed by atoms with van der Waals surface area (Å²) >= 11 is 0. The Balaban J connectivity index is 2.47. The molecule has 0 bridgehead atoms. The summed E-state index contributed by atoms with van der Waals surface area (Å²) in [5, 5.41) is 0. The van der Waals surface area contributed by atoms with Gasteiger partial charge in [-0.1, -0.05) is 24.3 Å². The number of benzene rings is 1. The molecule has 0 aliphatic carbocycles. The van der Waals surface area contributed by atoms with Gasteiger partial charge in [0.1, 0.15) is 5.75 Å². The molecule has 0 unspecified atom stereocenters. The van der Waals surface area contributed by atoms with Crippen LogP contribution in [0.25, 0.3) is 6.08 Å². The Morgan fingerprint density at radius 3 is 2.44 bits per heavy atom. The molecule has 0 saturated carbocycles. The fraction of sp³-hybridized carbons (Fsp3) is 0.429. The summed E-state index contributed by atoms with van der Waals surface area (Å²) < 4.78 is 10.8. The van der Waals surface area contributed by atoms with Crippen LogP contribution in [0.15, 0.2) is 30.3 Å². The van der Waals surface area contributed by atoms with E-state index < -0.39 is 0 Å². The molecule has 0 aromatic heterocycles. The summed E-state index contributed by atoms with van der Waals surface area (Å²) in [7, 11) is 0. The summed E-state index contributed by atoms with van der Waals surface area (Å²) in [5.41, 5.74) is 1.16. The molecular weight excluding hydrogens is 200 g/mol. The Bertz CT molecular complexity index is 312. The molecule has 0 amide bonds. The first kappa shape index (κ1) is 12.8. The minimum atomic E-state index is 0.222. The quantitative estimate of drug-likeness (QED) is 0.683. The molecule has 0 aliphatic rings. The molecule has 0 fully saturated rings. The minimum absolute atomic E-state index is 0.222. The summed E-state index contributed by atoms with van der Waals surface area (Å²) in [6.45, 7) is 7.46. The highest BCUT2D eigenvalue weighted by Crippen LogP contribution is 2.14. The third kappa shape index (κ3) is 4.99. The second-order valence-corrected chi connectivity index (χ2v) is 3.80. The maximum absolute atomic E-state index is 5.56. The standard InChI is InChI=1S/C14H20O2/c1-4-15-11-5-6-13-7-9-14(10-8-13)16-12(2)3/h5-10,12H,4,11H2,1-3H3/b6-5+. The average molecular weight is 220 g/mol. The third-order valence-corrected chi connectivity index (χ3v) is 1.98. The van der Waals surface area contributed by atoms with Crippen LogP contribution in [0.1, 0.15) is 26.3 Å². The van der Waals surface area contributed by atoms with Crippen LogP contribution in [0.4, 0.5) is 0 Å². The van der Waals surface area contributed by atoms with Crippen molar-refractivity contribution in [2.45, 2.75) is 26.9 Å². The minimum Gasteiger partial charge on any atom is -0.491 e. The van der Waals surface area contributed by atoms with E-state index in [0.717, 1.165) is 17.9 Å². The van der Waals surface area contributed by atoms with E-state index in [1.807, 2.05) is 51.1 Å². The van der Waals surface area contributed by atoms with Gasteiger partial charge in [0.05, 0.1) is 12.7 Å². The van der Waals surface area contributed by atoms with Gasteiger partial charge in [-0.2, -0.15) is 0 Å². The lowest BCUT2D eigenvalue weighted by Gasteiger charge is -2.09. The molecule has 2 nitrogen and oxygen atoms in total. The number of ether oxygens (including phenoxy) is 2. The van der Waals surface area contributed by atoms with Crippen LogP contribution in [-0.4, -0.2) is 19.3 Å². The van der Waals surface area contributed by atoms with Crippen molar-refractivity contribution in [1.82, 2.24) is 0 Å². The summed E-state index contributed by atoms with van der Waals surface area (Å²) in [4.78, 5) is 0. The van der Waals surface area contributed by atoms with Gasteiger partial charge >= 0.3 is 0 Å². The van der Waals surface area contributed by atoms with E-state index in [9.17, 15) is 0 Å². The van der Waals surface area contributed by atoms with Gasteiger partial charge < -0.3 is 9.47 Å². The SMILES string of the molecule is CCOC/C=C/c1ccc(OC(C)C)cc1. The van der Waals surface area contributed by atoms with E-state index in [4.69, 9.17) is 9.47 Å². The number of hydrogen-bond donors (Lipinski definition) is 0. The van der Waals surface area contributed by atoms with Crippen LogP contribution < -0.4 is 4.74 Å². The van der Waals surface area contributed by atoms with Gasteiger partial charge in [-0.05, 0) is 38.5 Å². The Morgan fingerprint density at radius 1 is 1.19 bits per heavy atom. The van der Waals surface area contributed by atoms with Gasteiger partial charge in [0.2, 0.25) is 0 Å². The number of hydrogen-bond acceptors (Lipinski definition) is 2. The van der Waals surface area contributed by atoms with E-state index in [1.165, 1.54) is 0 Å². The maximum Gasteiger partial charge on any atom is 0.119 e. The normalized spacial score (nSPS) is 11.2. The average Bonchev–Trinajstić information content (AvgIpc) is 2.26. The summed E-state index contributed by atoms with van der Waals surface area (Å²) in [6, 6.07) is 8.06. The first-order chi connectivity index (χ1) is 7.72. The second kappa shape index (κ2) is 7.07. The molecule has 0 radical (unpaired) electrons. The zero-order chi connectivity index (χ0) is 11.8. The zero-order valence-electron chi connectivity index (χ0n) is 10.3. The molecule has 88 valence electrons. The Morgan fingerprint density at radius 2 is 1.88 bits per heavy atom. The second-order valence-electron chi connectivity index (χ2n) is 3.80. The molecule has 0 heterocycles. The largest absolute Gasteiger partial charge is 0.491 e. The van der Waals surface area contributed by atoms with Crippen molar-refractivity contribution in [3.63, 3.8) is 0 Å². The van der Waals surface area contributed by atoms with Gasteiger partial charge in [-0.3, -0.25) is 0 Å². The maximum atomic E-state index is 5.56. The molecule has 1 aromatic carbocycles. The lowest BCUT2D eigenvalue weighted by molar-refractivity contribution is 0.178. The Hall–Kier alpha value is -1.28. The Kier molecular flexibility index (Phi) is 5.65. The van der Waals surface area contributed by atoms with Gasteiger partial charge in [0, 0.05) is 6.61 Å². The highest BCUT2D eigenvalue weighted by atomic mass is 16.5. The van der Waals surface area contributed by atoms with Crippen molar-refractivity contribution in [3.8, 4) is 5.75 Å². The molecule has 0 saturated heterocycles. The lowest BCUT2D eigenvalue weighted by atomic mass is 10.2. The van der Waals surface area contributed by atoms with Crippen LogP contribution in [0.5, 0.6) is 5.75 Å². The molecule has 0 spiro atoms. The molecular formula is C14H20O2. The van der Waals surface area contributed by atoms with Crippen LogP contribution in [-0.2, 0) is 4.74 Å². The van der Waals surface area contributed by atoms with E-state index in [0.29, 0.717) is 6.61 Å². The van der Waals surface area contributed by atoms with Crippen LogP contribution in [0.2, 0.25) is 0 Å². The fourth-order valence-electron chi connectivity index (χ4n) is 1.30. The van der Waals surface area contributed by atoms with Crippen LogP contribution in [0, 0.1) is 0 Å². The third-order valence-electron chi connectivity index (χ3n) is 1.98. The van der Waals surface area contributed by atoms with E-state index in [-0.39, 0.29) is 6.10 Å². The van der Waals surface area contributed by atoms with Gasteiger partial charge in [-0.25, -0.2) is 0 Å². The van der Waals surface area contributed by atoms with Crippen molar-refractivity contribution in [3.05, 3.63) is 35.9 Å². The van der Waals surface area contributed by atoms with E-state index >= 15 is 0 Å². The van der Waals surface area contributed by atoms with Gasteiger partial charge in [0.25, 0.3) is 0 Å². The van der Waals surface area contributed by atoms with Crippen LogP contribution in [0.3, 0.4) is 0 Å². The molecule has 0 aliphatic heterocycles. The van der Waals surface area contributed by atoms with Crippen LogP contribution >= 0.6 is 0 Å². The van der Waals surface area contributed by atoms with Gasteiger partial charge in [0.15, 0.2) is 0 Å². The van der Waals surface area contributed by atoms with E-state index in [2.05, 4.69) is 6.08 Å². The molecule has 16 heavy (non-hydrogen) atoms.